The quantitative estimate of drug-likeness (QED) is 0.307. The van der Waals surface area contributed by atoms with E-state index in [2.05, 4.69) is 4.76 Å². The minimum absolute atomic E-state index is 0.122. The van der Waals surface area contributed by atoms with Crippen LogP contribution in [0, 0.1) is 0 Å². The molecule has 0 aliphatic heterocycles. The van der Waals surface area contributed by atoms with Gasteiger partial charge in [-0.05, 0) is 17.7 Å². The van der Waals surface area contributed by atoms with Crippen molar-refractivity contribution in [1.29, 1.82) is 0 Å². The average Bonchev–Trinajstić information content (AvgIpc) is 2.43. The Morgan fingerprint density at radius 3 is 2.40 bits per heavy atom. The van der Waals surface area contributed by atoms with E-state index in [9.17, 15) is 30.1 Å². The van der Waals surface area contributed by atoms with Gasteiger partial charge in [0.25, 0.3) is 0 Å². The van der Waals surface area contributed by atoms with E-state index >= 15 is 0 Å². The summed E-state index contributed by atoms with van der Waals surface area (Å²) < 4.78 is 14.3. The highest BCUT2D eigenvalue weighted by Gasteiger charge is 2.43. The predicted molar refractivity (Wildman–Crippen MR) is 88.2 cm³/mol. The Kier molecular flexibility index (Phi) is 5.08. The largest absolute Gasteiger partial charge is 0.512 e. The second kappa shape index (κ2) is 6.62. The molecule has 0 fully saturated rings. The molecule has 0 amide bonds. The third-order valence-corrected chi connectivity index (χ3v) is 4.29. The van der Waals surface area contributed by atoms with Gasteiger partial charge in [-0.2, -0.15) is 4.76 Å². The van der Waals surface area contributed by atoms with E-state index in [1.165, 1.54) is 31.2 Å². The maximum atomic E-state index is 11.2. The van der Waals surface area contributed by atoms with Gasteiger partial charge < -0.3 is 35.3 Å². The lowest BCUT2D eigenvalue weighted by atomic mass is 9.82. The fraction of sp³-hybridized carbons (Fsp3) is 0.267. The first-order valence-corrected chi connectivity index (χ1v) is 8.70. The van der Waals surface area contributed by atoms with Crippen molar-refractivity contribution in [3.8, 4) is 5.75 Å². The van der Waals surface area contributed by atoms with Crippen LogP contribution in [0.3, 0.4) is 0 Å². The van der Waals surface area contributed by atoms with Crippen molar-refractivity contribution >= 4 is 13.5 Å². The molecule has 10 heteroatoms. The average molecular weight is 371 g/mol. The summed E-state index contributed by atoms with van der Waals surface area (Å²) in [5.74, 6) is -5.26. The first kappa shape index (κ1) is 19.2. The van der Waals surface area contributed by atoms with Gasteiger partial charge in [0.05, 0.1) is 11.3 Å². The topological polar surface area (TPSA) is 171 Å². The molecule has 1 atom stereocenters. The zero-order valence-electron chi connectivity index (χ0n) is 13.1. The van der Waals surface area contributed by atoms with E-state index in [0.29, 0.717) is 5.56 Å². The van der Waals surface area contributed by atoms with Gasteiger partial charge in [-0.1, -0.05) is 19.1 Å². The molecule has 1 aliphatic carbocycles. The second-order valence-corrected chi connectivity index (χ2v) is 6.90. The van der Waals surface area contributed by atoms with Crippen molar-refractivity contribution in [3.63, 3.8) is 0 Å². The van der Waals surface area contributed by atoms with Crippen LogP contribution in [0.15, 0.2) is 52.2 Å². The van der Waals surface area contributed by atoms with Crippen LogP contribution in [-0.4, -0.2) is 46.8 Å². The third-order valence-electron chi connectivity index (χ3n) is 3.79. The molecule has 1 unspecified atom stereocenters. The molecule has 2 rings (SSSR count). The summed E-state index contributed by atoms with van der Waals surface area (Å²) in [5, 5.41) is 50.3. The van der Waals surface area contributed by atoms with Gasteiger partial charge in [0.2, 0.25) is 5.79 Å². The Labute approximate surface area is 142 Å². The van der Waals surface area contributed by atoms with Crippen LogP contribution in [-0.2, 0) is 4.57 Å². The molecular weight excluding hydrogens is 353 g/mol. The lowest BCUT2D eigenvalue weighted by Gasteiger charge is -2.33. The number of nitrogens with zero attached hydrogens (tertiary/aromatic N) is 1. The maximum absolute atomic E-state index is 11.2. The summed E-state index contributed by atoms with van der Waals surface area (Å²) >= 11 is 0. The molecule has 1 aliphatic rings. The Balaban J connectivity index is 2.58. The lowest BCUT2D eigenvalue weighted by molar-refractivity contribution is -0.140. The van der Waals surface area contributed by atoms with Gasteiger partial charge in [-0.25, -0.2) is 4.57 Å². The summed E-state index contributed by atoms with van der Waals surface area (Å²) in [6, 6.07) is 5.63. The number of phenols is 1. The molecule has 0 aromatic heterocycles. The minimum Gasteiger partial charge on any atom is -0.512 e. The Morgan fingerprint density at radius 1 is 1.20 bits per heavy atom. The fourth-order valence-electron chi connectivity index (χ4n) is 2.58. The van der Waals surface area contributed by atoms with Crippen LogP contribution in [0.4, 0.5) is 0 Å². The van der Waals surface area contributed by atoms with Gasteiger partial charge in [0, 0.05) is 18.4 Å². The second-order valence-electron chi connectivity index (χ2n) is 5.68. The maximum Gasteiger partial charge on any atom is 0.448 e. The number of hydrogen-bond donors (Lipinski definition) is 7. The van der Waals surface area contributed by atoms with Crippen LogP contribution >= 0.6 is 7.75 Å². The SMILES string of the molecule is CC(c1cccc(O)c1)C(O)(O)C1=C(O)C=C(O)CC1=NP(=O)(O)O. The van der Waals surface area contributed by atoms with E-state index in [-0.39, 0.29) is 5.75 Å². The molecule has 0 heterocycles. The van der Waals surface area contributed by atoms with Crippen molar-refractivity contribution in [1.82, 2.24) is 0 Å². The van der Waals surface area contributed by atoms with Gasteiger partial charge in [0.15, 0.2) is 0 Å². The monoisotopic (exact) mass is 371 g/mol. The number of allylic oxidation sites excluding steroid dienone is 2. The van der Waals surface area contributed by atoms with E-state index < -0.39 is 48.7 Å². The van der Waals surface area contributed by atoms with E-state index in [1.54, 1.807) is 0 Å². The van der Waals surface area contributed by atoms with E-state index in [4.69, 9.17) is 9.79 Å². The van der Waals surface area contributed by atoms with Crippen LogP contribution in [0.5, 0.6) is 5.75 Å². The standard InChI is InChI=1S/C15H18NO8P/c1-8(9-3-2-4-10(17)5-9)15(20,21)14-12(16-25(22,23)24)6-11(18)7-13(14)19/h2-5,7-8,17-21H,6H2,1H3,(H2,22,23,24). The summed E-state index contributed by atoms with van der Waals surface area (Å²) in [6.45, 7) is 1.38. The van der Waals surface area contributed by atoms with E-state index in [0.717, 1.165) is 6.08 Å². The van der Waals surface area contributed by atoms with Crippen molar-refractivity contribution in [3.05, 3.63) is 53.0 Å². The van der Waals surface area contributed by atoms with E-state index in [1.807, 2.05) is 0 Å². The van der Waals surface area contributed by atoms with Crippen molar-refractivity contribution in [2.45, 2.75) is 25.0 Å². The molecule has 0 spiro atoms. The number of benzene rings is 1. The third kappa shape index (κ3) is 4.28. The smallest absolute Gasteiger partial charge is 0.448 e. The normalized spacial score (nSPS) is 19.1. The fourth-order valence-corrected chi connectivity index (χ4v) is 3.06. The molecular formula is C15H18NO8P. The molecule has 9 nitrogen and oxygen atoms in total. The minimum atomic E-state index is -4.96. The van der Waals surface area contributed by atoms with Gasteiger partial charge in [-0.15, -0.1) is 0 Å². The summed E-state index contributed by atoms with van der Waals surface area (Å²) in [4.78, 5) is 18.1. The highest BCUT2D eigenvalue weighted by atomic mass is 31.2. The number of rotatable bonds is 4. The van der Waals surface area contributed by atoms with Crippen LogP contribution in [0.25, 0.3) is 0 Å². The zero-order chi connectivity index (χ0) is 19.0. The Hall–Kier alpha value is -2.16. The number of aliphatic hydroxyl groups excluding tert-OH is 2. The summed E-state index contributed by atoms with van der Waals surface area (Å²) in [5.41, 5.74) is -0.896. The number of aliphatic hydroxyl groups is 4. The van der Waals surface area contributed by atoms with Gasteiger partial charge >= 0.3 is 7.75 Å². The van der Waals surface area contributed by atoms with Crippen LogP contribution in [0.2, 0.25) is 0 Å². The first-order valence-electron chi connectivity index (χ1n) is 7.13. The first-order chi connectivity index (χ1) is 11.4. The van der Waals surface area contributed by atoms with Crippen molar-refractivity contribution in [2.75, 3.05) is 0 Å². The summed E-state index contributed by atoms with van der Waals surface area (Å²) in [7, 11) is -4.96. The van der Waals surface area contributed by atoms with Crippen molar-refractivity contribution in [2.24, 2.45) is 4.76 Å². The molecule has 7 N–H and O–H groups in total. The van der Waals surface area contributed by atoms with Crippen LogP contribution < -0.4 is 0 Å². The highest BCUT2D eigenvalue weighted by molar-refractivity contribution is 7.50. The molecule has 1 aromatic rings. The van der Waals surface area contributed by atoms with Gasteiger partial charge in [-0.3, -0.25) is 0 Å². The van der Waals surface area contributed by atoms with Crippen molar-refractivity contribution < 1.29 is 39.9 Å². The Bertz CT molecular complexity index is 821. The number of phenolic OH excluding ortho intramolecular Hbond substituents is 1. The highest BCUT2D eigenvalue weighted by Crippen LogP contribution is 2.42. The summed E-state index contributed by atoms with van der Waals surface area (Å²) in [6.07, 6.45) is 0.338. The predicted octanol–water partition coefficient (Wildman–Crippen LogP) is 1.37. The molecule has 0 saturated carbocycles. The van der Waals surface area contributed by atoms with Crippen LogP contribution in [0.1, 0.15) is 24.8 Å². The van der Waals surface area contributed by atoms with Gasteiger partial charge in [0.1, 0.15) is 17.3 Å². The number of aromatic hydroxyl groups is 1. The zero-order valence-corrected chi connectivity index (χ0v) is 14.0. The molecule has 0 radical (unpaired) electrons. The number of hydrogen-bond acceptors (Lipinski definition) is 6. The molecule has 0 bridgehead atoms. The molecule has 136 valence electrons. The molecule has 0 saturated heterocycles. The molecule has 25 heavy (non-hydrogen) atoms. The molecule has 1 aromatic carbocycles. The lowest BCUT2D eigenvalue weighted by Crippen LogP contribution is -2.41. The Morgan fingerprint density at radius 2 is 1.84 bits per heavy atom.